The van der Waals surface area contributed by atoms with Crippen LogP contribution in [0.2, 0.25) is 0 Å². The van der Waals surface area contributed by atoms with Gasteiger partial charge in [-0.1, -0.05) is 26.7 Å². The van der Waals surface area contributed by atoms with Crippen molar-refractivity contribution in [3.63, 3.8) is 0 Å². The zero-order valence-electron chi connectivity index (χ0n) is 23.2. The molecule has 0 bridgehead atoms. The summed E-state index contributed by atoms with van der Waals surface area (Å²) in [6.07, 6.45) is 5.87. The molecule has 3 N–H and O–H groups in total. The molecule has 37 heavy (non-hydrogen) atoms. The second-order valence-electron chi connectivity index (χ2n) is 13.2. The van der Waals surface area contributed by atoms with Crippen molar-refractivity contribution >= 4 is 5.96 Å². The van der Waals surface area contributed by atoms with Crippen LogP contribution < -0.4 is 10.6 Å². The number of likely N-dealkylation sites (tertiary alicyclic amines) is 1. The van der Waals surface area contributed by atoms with E-state index in [1.807, 2.05) is 14.0 Å². The first-order valence-electron chi connectivity index (χ1n) is 14.9. The molecule has 7 atom stereocenters. The maximum atomic E-state index is 13.3. The summed E-state index contributed by atoms with van der Waals surface area (Å²) < 4.78 is 39.9. The summed E-state index contributed by atoms with van der Waals surface area (Å²) in [4.78, 5) is 6.57. The Labute approximate surface area is 221 Å². The van der Waals surface area contributed by atoms with E-state index in [1.54, 1.807) is 0 Å². The fourth-order valence-electron chi connectivity index (χ4n) is 8.50. The highest BCUT2D eigenvalue weighted by atomic mass is 19.4. The average molecular weight is 527 g/mol. The summed E-state index contributed by atoms with van der Waals surface area (Å²) in [5.41, 5.74) is 0. The molecule has 0 spiro atoms. The highest BCUT2D eigenvalue weighted by Gasteiger charge is 2.50. The van der Waals surface area contributed by atoms with Gasteiger partial charge in [0.1, 0.15) is 6.17 Å². The van der Waals surface area contributed by atoms with Crippen LogP contribution in [0.25, 0.3) is 0 Å². The molecule has 5 rings (SSSR count). The van der Waals surface area contributed by atoms with Crippen LogP contribution >= 0.6 is 0 Å². The smallest absolute Gasteiger partial charge is 0.338 e. The predicted octanol–water partition coefficient (Wildman–Crippen LogP) is 4.68. The van der Waals surface area contributed by atoms with Crippen molar-refractivity contribution in [1.29, 1.82) is 5.41 Å². The molecule has 6 nitrogen and oxygen atoms in total. The van der Waals surface area contributed by atoms with Crippen molar-refractivity contribution in [2.75, 3.05) is 26.7 Å². The lowest BCUT2D eigenvalue weighted by molar-refractivity contribution is -0.171. The Morgan fingerprint density at radius 1 is 1.05 bits per heavy atom. The SMILES string of the molecule is CC(C)C1CCCCC1C1NCC2C(N1)N(CC1CCC(N3C[C@H](C(F)(F)F)C[C@@H]3C)CC1)C(=N)N2C. The van der Waals surface area contributed by atoms with Crippen molar-refractivity contribution in [2.45, 2.75) is 115 Å². The van der Waals surface area contributed by atoms with Crippen molar-refractivity contribution in [2.24, 2.45) is 29.6 Å². The molecule has 3 aliphatic heterocycles. The molecule has 5 aliphatic rings. The largest absolute Gasteiger partial charge is 0.393 e. The van der Waals surface area contributed by atoms with Crippen LogP contribution in [0.5, 0.6) is 0 Å². The quantitative estimate of drug-likeness (QED) is 0.486. The van der Waals surface area contributed by atoms with Gasteiger partial charge < -0.3 is 9.80 Å². The lowest BCUT2D eigenvalue weighted by Gasteiger charge is -2.46. The zero-order chi connectivity index (χ0) is 26.5. The van der Waals surface area contributed by atoms with Crippen LogP contribution in [0.3, 0.4) is 0 Å². The van der Waals surface area contributed by atoms with Crippen LogP contribution in [0, 0.1) is 35.0 Å². The third-order valence-corrected chi connectivity index (χ3v) is 10.7. The van der Waals surface area contributed by atoms with E-state index in [0.717, 1.165) is 44.7 Å². The van der Waals surface area contributed by atoms with Crippen LogP contribution in [0.4, 0.5) is 13.2 Å². The Hall–Kier alpha value is -1.06. The van der Waals surface area contributed by atoms with Gasteiger partial charge >= 0.3 is 6.18 Å². The van der Waals surface area contributed by atoms with Gasteiger partial charge in [-0.15, -0.1) is 0 Å². The first-order valence-corrected chi connectivity index (χ1v) is 14.9. The Morgan fingerprint density at radius 2 is 1.76 bits per heavy atom. The molecule has 0 aromatic carbocycles. The highest BCUT2D eigenvalue weighted by molar-refractivity contribution is 5.80. The van der Waals surface area contributed by atoms with Gasteiger partial charge in [0.2, 0.25) is 0 Å². The molecule has 0 amide bonds. The number of guanidine groups is 1. The fraction of sp³-hybridized carbons (Fsp3) is 0.964. The normalized spacial score (nSPS) is 42.1. The van der Waals surface area contributed by atoms with Gasteiger partial charge in [0.15, 0.2) is 5.96 Å². The maximum Gasteiger partial charge on any atom is 0.393 e. The predicted molar refractivity (Wildman–Crippen MR) is 141 cm³/mol. The Bertz CT molecular complexity index is 797. The summed E-state index contributed by atoms with van der Waals surface area (Å²) in [5, 5.41) is 16.7. The topological polar surface area (TPSA) is 57.6 Å². The minimum Gasteiger partial charge on any atom is -0.338 e. The third-order valence-electron chi connectivity index (χ3n) is 10.7. The van der Waals surface area contributed by atoms with Crippen LogP contribution in [-0.2, 0) is 0 Å². The molecule has 3 heterocycles. The second-order valence-corrected chi connectivity index (χ2v) is 13.2. The Morgan fingerprint density at radius 3 is 2.41 bits per heavy atom. The first kappa shape index (κ1) is 27.5. The first-order chi connectivity index (χ1) is 17.5. The van der Waals surface area contributed by atoms with Gasteiger partial charge in [-0.05, 0) is 75.5 Å². The second kappa shape index (κ2) is 10.8. The number of hydrogen-bond donors (Lipinski definition) is 3. The van der Waals surface area contributed by atoms with E-state index < -0.39 is 12.1 Å². The van der Waals surface area contributed by atoms with Gasteiger partial charge in [0.25, 0.3) is 0 Å². The van der Waals surface area contributed by atoms with E-state index in [9.17, 15) is 13.2 Å². The summed E-state index contributed by atoms with van der Waals surface area (Å²) in [5.74, 6) is 1.99. The number of fused-ring (bicyclic) bond motifs is 1. The number of hydrogen-bond acceptors (Lipinski definition) is 4. The molecular formula is C28H49F3N6. The number of likely N-dealkylation sites (N-methyl/N-ethyl adjacent to an activating group) is 1. The highest BCUT2D eigenvalue weighted by Crippen LogP contribution is 2.41. The van der Waals surface area contributed by atoms with Crippen molar-refractivity contribution in [3.8, 4) is 0 Å². The van der Waals surface area contributed by atoms with Gasteiger partial charge in [0.05, 0.1) is 18.1 Å². The van der Waals surface area contributed by atoms with Crippen molar-refractivity contribution < 1.29 is 13.2 Å². The summed E-state index contributed by atoms with van der Waals surface area (Å²) >= 11 is 0. The summed E-state index contributed by atoms with van der Waals surface area (Å²) in [7, 11) is 2.05. The molecule has 5 fully saturated rings. The lowest BCUT2D eigenvalue weighted by atomic mass is 9.71. The van der Waals surface area contributed by atoms with Gasteiger partial charge in [0, 0.05) is 38.8 Å². The Kier molecular flexibility index (Phi) is 8.06. The van der Waals surface area contributed by atoms with E-state index in [0.29, 0.717) is 29.9 Å². The molecule has 9 heteroatoms. The Balaban J connectivity index is 1.19. The van der Waals surface area contributed by atoms with Crippen LogP contribution in [0.15, 0.2) is 0 Å². The molecule has 0 aromatic heterocycles. The van der Waals surface area contributed by atoms with E-state index in [1.165, 1.54) is 25.7 Å². The minimum atomic E-state index is -4.08. The molecule has 3 saturated heterocycles. The zero-order valence-corrected chi connectivity index (χ0v) is 23.2. The maximum absolute atomic E-state index is 13.3. The van der Waals surface area contributed by atoms with E-state index >= 15 is 0 Å². The minimum absolute atomic E-state index is 0.0136. The van der Waals surface area contributed by atoms with Crippen LogP contribution in [-0.4, -0.2) is 84.0 Å². The molecular weight excluding hydrogens is 477 g/mol. The molecule has 0 radical (unpaired) electrons. The van der Waals surface area contributed by atoms with Gasteiger partial charge in [-0.2, -0.15) is 13.2 Å². The standard InChI is InChI=1S/C28H49F3N6/c1-17(2)22-7-5-6-8-23(22)25-33-14-24-26(34-25)37(27(32)35(24)4)15-19-9-11-21(12-10-19)36-16-20(13-18(36)3)28(29,30)31/h17-26,32-34H,5-16H2,1-4H3/t18-,19?,20+,21?,22?,23?,24?,25?,26?/m0/s1. The fourth-order valence-corrected chi connectivity index (χ4v) is 8.50. The van der Waals surface area contributed by atoms with E-state index in [2.05, 4.69) is 39.2 Å². The molecule has 212 valence electrons. The van der Waals surface area contributed by atoms with E-state index in [-0.39, 0.29) is 37.3 Å². The number of nitrogens with one attached hydrogen (secondary N) is 3. The molecule has 5 unspecified atom stereocenters. The summed E-state index contributed by atoms with van der Waals surface area (Å²) in [6.45, 7) is 8.64. The molecule has 2 aliphatic carbocycles. The lowest BCUT2D eigenvalue weighted by Crippen LogP contribution is -2.67. The monoisotopic (exact) mass is 526 g/mol. The van der Waals surface area contributed by atoms with Crippen LogP contribution in [0.1, 0.15) is 78.6 Å². The molecule has 0 aromatic rings. The van der Waals surface area contributed by atoms with Gasteiger partial charge in [-0.25, -0.2) is 0 Å². The number of alkyl halides is 3. The molecule has 2 saturated carbocycles. The van der Waals surface area contributed by atoms with E-state index in [4.69, 9.17) is 5.41 Å². The third kappa shape index (κ3) is 5.51. The number of rotatable bonds is 5. The average Bonchev–Trinajstić information content (AvgIpc) is 3.38. The van der Waals surface area contributed by atoms with Crippen molar-refractivity contribution in [3.05, 3.63) is 0 Å². The summed E-state index contributed by atoms with van der Waals surface area (Å²) in [6, 6.07) is 0.540. The van der Waals surface area contributed by atoms with Gasteiger partial charge in [-0.3, -0.25) is 20.9 Å². The van der Waals surface area contributed by atoms with Crippen molar-refractivity contribution in [1.82, 2.24) is 25.3 Å². The number of nitrogens with zero attached hydrogens (tertiary/aromatic N) is 3. The number of halogens is 3.